The van der Waals surface area contributed by atoms with Gasteiger partial charge in [-0.25, -0.2) is 19.4 Å². The van der Waals surface area contributed by atoms with Crippen LogP contribution in [0.1, 0.15) is 68.2 Å². The Balaban J connectivity index is 4.39. The highest BCUT2D eigenvalue weighted by Crippen LogP contribution is 2.24. The lowest BCUT2D eigenvalue weighted by Gasteiger charge is -2.18. The average molecular weight is 310 g/mol. The van der Waals surface area contributed by atoms with Crippen molar-refractivity contribution in [2.45, 2.75) is 68.2 Å². The molecule has 0 heterocycles. The highest BCUT2D eigenvalue weighted by atomic mass is 17.2. The van der Waals surface area contributed by atoms with Crippen molar-refractivity contribution in [1.82, 2.24) is 0 Å². The fourth-order valence-corrected chi connectivity index (χ4v) is 2.31. The van der Waals surface area contributed by atoms with E-state index in [-0.39, 0.29) is 10.8 Å². The van der Waals surface area contributed by atoms with E-state index < -0.39 is 11.9 Å². The van der Waals surface area contributed by atoms with Gasteiger partial charge >= 0.3 is 11.9 Å². The van der Waals surface area contributed by atoms with Gasteiger partial charge in [0.1, 0.15) is 0 Å². The Hall–Kier alpha value is -1.58. The lowest BCUT2D eigenvalue weighted by atomic mass is 9.88. The van der Waals surface area contributed by atoms with E-state index in [0.717, 1.165) is 24.0 Å². The Bertz CT molecular complexity index is 412. The van der Waals surface area contributed by atoms with Gasteiger partial charge in [-0.3, -0.25) is 0 Å². The minimum absolute atomic E-state index is 0.0876. The van der Waals surface area contributed by atoms with Crippen LogP contribution in [0.25, 0.3) is 0 Å². The molecule has 126 valence electrons. The molecule has 0 aromatic heterocycles. The van der Waals surface area contributed by atoms with Crippen LogP contribution in [0.2, 0.25) is 0 Å². The summed E-state index contributed by atoms with van der Waals surface area (Å²) in [5.74, 6) is -1.34. The van der Waals surface area contributed by atoms with E-state index in [1.165, 1.54) is 12.2 Å². The minimum Gasteiger partial charge on any atom is -0.242 e. The number of rotatable bonds is 4. The van der Waals surface area contributed by atoms with Gasteiger partial charge in [0, 0.05) is 12.2 Å². The second-order valence-corrected chi connectivity index (χ2v) is 8.26. The molecule has 0 fully saturated rings. The van der Waals surface area contributed by atoms with Crippen molar-refractivity contribution in [3.63, 3.8) is 0 Å². The van der Waals surface area contributed by atoms with Crippen LogP contribution in [0.3, 0.4) is 0 Å². The van der Waals surface area contributed by atoms with Crippen molar-refractivity contribution in [2.24, 2.45) is 10.8 Å². The van der Waals surface area contributed by atoms with E-state index in [1.807, 2.05) is 13.8 Å². The van der Waals surface area contributed by atoms with Crippen LogP contribution in [0.5, 0.6) is 0 Å². The molecular weight excluding hydrogens is 280 g/mol. The van der Waals surface area contributed by atoms with Gasteiger partial charge in [0.2, 0.25) is 0 Å². The van der Waals surface area contributed by atoms with Crippen LogP contribution in [0, 0.1) is 10.8 Å². The molecule has 0 unspecified atom stereocenters. The highest BCUT2D eigenvalue weighted by Gasteiger charge is 2.14. The molecule has 0 aromatic rings. The van der Waals surface area contributed by atoms with E-state index in [1.54, 1.807) is 0 Å². The van der Waals surface area contributed by atoms with Gasteiger partial charge in [-0.15, -0.1) is 0 Å². The topological polar surface area (TPSA) is 52.6 Å². The Morgan fingerprint density at radius 2 is 1.00 bits per heavy atom. The van der Waals surface area contributed by atoms with Crippen LogP contribution < -0.4 is 0 Å². The van der Waals surface area contributed by atoms with E-state index in [2.05, 4.69) is 51.3 Å². The minimum atomic E-state index is -0.669. The Morgan fingerprint density at radius 1 is 0.727 bits per heavy atom. The van der Waals surface area contributed by atoms with Gasteiger partial charge in [0.25, 0.3) is 0 Å². The van der Waals surface area contributed by atoms with Gasteiger partial charge in [-0.1, -0.05) is 52.7 Å². The van der Waals surface area contributed by atoms with Crippen LogP contribution in [-0.4, -0.2) is 11.9 Å². The summed E-state index contributed by atoms with van der Waals surface area (Å²) in [6.45, 7) is 16.2. The van der Waals surface area contributed by atoms with Crippen LogP contribution in [0.4, 0.5) is 0 Å². The molecule has 0 rings (SSSR count). The smallest absolute Gasteiger partial charge is 0.242 e. The summed E-state index contributed by atoms with van der Waals surface area (Å²) < 4.78 is 0. The molecule has 0 N–H and O–H groups in total. The summed E-state index contributed by atoms with van der Waals surface area (Å²) in [6.07, 6.45) is 4.23. The van der Waals surface area contributed by atoms with Gasteiger partial charge in [0.15, 0.2) is 0 Å². The number of hydrogen-bond donors (Lipinski definition) is 0. The molecule has 0 amide bonds. The molecule has 4 nitrogen and oxygen atoms in total. The first-order valence-corrected chi connectivity index (χ1v) is 7.55. The first kappa shape index (κ1) is 20.4. The van der Waals surface area contributed by atoms with Gasteiger partial charge in [-0.05, 0) is 37.5 Å². The Kier molecular flexibility index (Phi) is 7.57. The van der Waals surface area contributed by atoms with E-state index >= 15 is 0 Å². The Morgan fingerprint density at radius 3 is 1.23 bits per heavy atom. The standard InChI is InChI=1S/C18H30O4/c1-13(11-17(3,4)5)9-15(19)21-22-16(20)10-14(2)12-18(6,7)8/h9-10H,11-12H2,1-8H3/b13-9+,14-10+. The number of allylic oxidation sites excluding steroid dienone is 2. The SMILES string of the molecule is C/C(=C\C(=O)OOC(=O)/C=C(\C)CC(C)(C)C)CC(C)(C)C. The van der Waals surface area contributed by atoms with Gasteiger partial charge < -0.3 is 0 Å². The molecule has 22 heavy (non-hydrogen) atoms. The molecule has 0 spiro atoms. The number of hydrogen-bond acceptors (Lipinski definition) is 4. The largest absolute Gasteiger partial charge is 0.379 e. The third-order valence-electron chi connectivity index (χ3n) is 2.55. The summed E-state index contributed by atoms with van der Waals surface area (Å²) >= 11 is 0. The summed E-state index contributed by atoms with van der Waals surface area (Å²) in [5, 5.41) is 0. The highest BCUT2D eigenvalue weighted by molar-refractivity contribution is 5.85. The first-order chi connectivity index (χ1) is 9.78. The molecule has 0 saturated carbocycles. The molecule has 0 saturated heterocycles. The number of carbonyl (C=O) groups is 2. The molecule has 0 aliphatic rings. The normalized spacial score (nSPS) is 13.8. The molecule has 0 aromatic carbocycles. The zero-order chi connectivity index (χ0) is 17.6. The summed E-state index contributed by atoms with van der Waals surface area (Å²) in [6, 6.07) is 0. The molecule has 0 aliphatic heterocycles. The van der Waals surface area contributed by atoms with Crippen LogP contribution >= 0.6 is 0 Å². The molecular formula is C18H30O4. The maximum Gasteiger partial charge on any atom is 0.379 e. The average Bonchev–Trinajstić information content (AvgIpc) is 2.20. The molecule has 0 radical (unpaired) electrons. The van der Waals surface area contributed by atoms with E-state index in [0.29, 0.717) is 0 Å². The fraction of sp³-hybridized carbons (Fsp3) is 0.667. The van der Waals surface area contributed by atoms with Crippen molar-refractivity contribution in [3.8, 4) is 0 Å². The monoisotopic (exact) mass is 310 g/mol. The predicted octanol–water partition coefficient (Wildman–Crippen LogP) is 4.75. The first-order valence-electron chi connectivity index (χ1n) is 7.55. The maximum absolute atomic E-state index is 11.6. The summed E-state index contributed by atoms with van der Waals surface area (Å²) in [5.41, 5.74) is 1.94. The second-order valence-electron chi connectivity index (χ2n) is 8.26. The van der Waals surface area contributed by atoms with Crippen molar-refractivity contribution in [1.29, 1.82) is 0 Å². The Labute approximate surface area is 134 Å². The molecule has 0 atom stereocenters. The predicted molar refractivity (Wildman–Crippen MR) is 87.8 cm³/mol. The molecule has 0 aliphatic carbocycles. The third kappa shape index (κ3) is 12.2. The summed E-state index contributed by atoms with van der Waals surface area (Å²) in [4.78, 5) is 32.1. The second kappa shape index (κ2) is 8.16. The zero-order valence-corrected chi connectivity index (χ0v) is 15.2. The lowest BCUT2D eigenvalue weighted by Crippen LogP contribution is -2.11. The van der Waals surface area contributed by atoms with Crippen molar-refractivity contribution in [3.05, 3.63) is 23.3 Å². The van der Waals surface area contributed by atoms with Crippen LogP contribution in [0.15, 0.2) is 23.3 Å². The molecule has 0 bridgehead atoms. The van der Waals surface area contributed by atoms with E-state index in [9.17, 15) is 9.59 Å². The third-order valence-corrected chi connectivity index (χ3v) is 2.55. The summed E-state index contributed by atoms with van der Waals surface area (Å²) in [7, 11) is 0. The van der Waals surface area contributed by atoms with Gasteiger partial charge in [-0.2, -0.15) is 0 Å². The van der Waals surface area contributed by atoms with Crippen molar-refractivity contribution >= 4 is 11.9 Å². The van der Waals surface area contributed by atoms with Gasteiger partial charge in [0.05, 0.1) is 0 Å². The zero-order valence-electron chi connectivity index (χ0n) is 15.2. The van der Waals surface area contributed by atoms with E-state index in [4.69, 9.17) is 0 Å². The van der Waals surface area contributed by atoms with Crippen molar-refractivity contribution < 1.29 is 19.4 Å². The maximum atomic E-state index is 11.6. The quantitative estimate of drug-likeness (QED) is 0.427. The number of carbonyl (C=O) groups excluding carboxylic acids is 2. The molecule has 4 heteroatoms. The lowest BCUT2D eigenvalue weighted by molar-refractivity contribution is -0.250. The fourth-order valence-electron chi connectivity index (χ4n) is 2.31. The van der Waals surface area contributed by atoms with Crippen molar-refractivity contribution in [2.75, 3.05) is 0 Å². The van der Waals surface area contributed by atoms with Crippen LogP contribution in [-0.2, 0) is 19.4 Å².